The SMILES string of the molecule is BrC1CC(Oc2cccnc2)C12CCCCC2. The zero-order valence-electron chi connectivity index (χ0n) is 9.94. The van der Waals surface area contributed by atoms with Crippen LogP contribution in [0.5, 0.6) is 5.75 Å². The Balaban J connectivity index is 1.72. The average Bonchev–Trinajstić information content (AvgIpc) is 2.41. The maximum Gasteiger partial charge on any atom is 0.138 e. The minimum atomic E-state index is 0.386. The van der Waals surface area contributed by atoms with E-state index >= 15 is 0 Å². The van der Waals surface area contributed by atoms with Crippen LogP contribution in [0.15, 0.2) is 24.5 Å². The summed E-state index contributed by atoms with van der Waals surface area (Å²) in [5.74, 6) is 0.918. The van der Waals surface area contributed by atoms with Gasteiger partial charge in [0.05, 0.1) is 6.20 Å². The van der Waals surface area contributed by atoms with E-state index in [9.17, 15) is 0 Å². The summed E-state index contributed by atoms with van der Waals surface area (Å²) in [5.41, 5.74) is 0.397. The summed E-state index contributed by atoms with van der Waals surface area (Å²) >= 11 is 3.84. The van der Waals surface area contributed by atoms with Crippen LogP contribution in [0.2, 0.25) is 0 Å². The van der Waals surface area contributed by atoms with Gasteiger partial charge in [0.2, 0.25) is 0 Å². The van der Waals surface area contributed by atoms with Crippen molar-refractivity contribution in [3.05, 3.63) is 24.5 Å². The van der Waals surface area contributed by atoms with Crippen LogP contribution in [0.4, 0.5) is 0 Å². The van der Waals surface area contributed by atoms with Crippen LogP contribution in [-0.4, -0.2) is 15.9 Å². The second-order valence-electron chi connectivity index (χ2n) is 5.29. The molecule has 2 unspecified atom stereocenters. The number of pyridine rings is 1. The Kier molecular flexibility index (Phi) is 3.12. The van der Waals surface area contributed by atoms with Gasteiger partial charge in [-0.2, -0.15) is 0 Å². The molecule has 92 valence electrons. The maximum absolute atomic E-state index is 6.12. The fourth-order valence-electron chi connectivity index (χ4n) is 3.29. The van der Waals surface area contributed by atoms with Crippen LogP contribution in [0.25, 0.3) is 0 Å². The van der Waals surface area contributed by atoms with Crippen molar-refractivity contribution in [2.24, 2.45) is 5.41 Å². The molecule has 3 heteroatoms. The van der Waals surface area contributed by atoms with Crippen molar-refractivity contribution < 1.29 is 4.74 Å². The molecule has 3 rings (SSSR count). The first kappa shape index (κ1) is 11.5. The molecule has 2 saturated carbocycles. The highest BCUT2D eigenvalue weighted by Crippen LogP contribution is 2.56. The normalized spacial score (nSPS) is 30.9. The lowest BCUT2D eigenvalue weighted by Crippen LogP contribution is -2.57. The van der Waals surface area contributed by atoms with E-state index in [1.54, 1.807) is 6.20 Å². The zero-order valence-corrected chi connectivity index (χ0v) is 11.5. The van der Waals surface area contributed by atoms with Crippen LogP contribution in [0.3, 0.4) is 0 Å². The fourth-order valence-corrected chi connectivity index (χ4v) is 4.38. The molecule has 2 aliphatic carbocycles. The molecule has 0 amide bonds. The molecule has 1 aromatic rings. The van der Waals surface area contributed by atoms with Crippen LogP contribution in [-0.2, 0) is 0 Å². The standard InChI is InChI=1S/C14H18BrNO/c15-12-9-13(14(12)6-2-1-3-7-14)17-11-5-4-8-16-10-11/h4-5,8,10,12-13H,1-3,6-7,9H2. The third kappa shape index (κ3) is 1.99. The third-order valence-corrected chi connectivity index (χ3v) is 5.67. The highest BCUT2D eigenvalue weighted by Gasteiger charge is 2.55. The Hall–Kier alpha value is -0.570. The summed E-state index contributed by atoms with van der Waals surface area (Å²) in [6, 6.07) is 3.94. The number of alkyl halides is 1. The Labute approximate surface area is 111 Å². The molecule has 2 fully saturated rings. The van der Waals surface area contributed by atoms with Crippen LogP contribution in [0.1, 0.15) is 38.5 Å². The Morgan fingerprint density at radius 1 is 1.29 bits per heavy atom. The van der Waals surface area contributed by atoms with E-state index in [-0.39, 0.29) is 0 Å². The maximum atomic E-state index is 6.12. The molecule has 1 heterocycles. The average molecular weight is 296 g/mol. The molecule has 1 aromatic heterocycles. The molecule has 2 aliphatic rings. The largest absolute Gasteiger partial charge is 0.488 e. The zero-order chi connectivity index (χ0) is 11.7. The highest BCUT2D eigenvalue weighted by molar-refractivity contribution is 9.09. The second-order valence-corrected chi connectivity index (χ2v) is 6.40. The summed E-state index contributed by atoms with van der Waals surface area (Å²) in [5, 5.41) is 0. The molecule has 0 aliphatic heterocycles. The summed E-state index contributed by atoms with van der Waals surface area (Å²) in [4.78, 5) is 4.76. The monoisotopic (exact) mass is 295 g/mol. The Morgan fingerprint density at radius 2 is 2.12 bits per heavy atom. The van der Waals surface area contributed by atoms with Crippen molar-refractivity contribution in [3.63, 3.8) is 0 Å². The minimum absolute atomic E-state index is 0.386. The van der Waals surface area contributed by atoms with Gasteiger partial charge in [0.25, 0.3) is 0 Å². The van der Waals surface area contributed by atoms with Crippen LogP contribution < -0.4 is 4.74 Å². The van der Waals surface area contributed by atoms with Gasteiger partial charge in [-0.1, -0.05) is 35.2 Å². The molecule has 0 radical (unpaired) electrons. The quantitative estimate of drug-likeness (QED) is 0.771. The molecule has 0 N–H and O–H groups in total. The van der Waals surface area contributed by atoms with Crippen molar-refractivity contribution in [1.29, 1.82) is 0 Å². The van der Waals surface area contributed by atoms with Crippen LogP contribution in [0, 0.1) is 5.41 Å². The number of rotatable bonds is 2. The van der Waals surface area contributed by atoms with Gasteiger partial charge in [0.1, 0.15) is 11.9 Å². The molecule has 1 spiro atoms. The van der Waals surface area contributed by atoms with E-state index in [0.717, 1.165) is 12.2 Å². The van der Waals surface area contributed by atoms with Gasteiger partial charge in [-0.25, -0.2) is 0 Å². The lowest BCUT2D eigenvalue weighted by molar-refractivity contribution is -0.0602. The van der Waals surface area contributed by atoms with E-state index in [1.807, 2.05) is 18.3 Å². The van der Waals surface area contributed by atoms with Gasteiger partial charge < -0.3 is 4.74 Å². The molecular weight excluding hydrogens is 278 g/mol. The summed E-state index contributed by atoms with van der Waals surface area (Å²) < 4.78 is 6.12. The number of ether oxygens (including phenoxy) is 1. The molecule has 0 aromatic carbocycles. The van der Waals surface area contributed by atoms with Crippen molar-refractivity contribution in [1.82, 2.24) is 4.98 Å². The highest BCUT2D eigenvalue weighted by atomic mass is 79.9. The van der Waals surface area contributed by atoms with E-state index < -0.39 is 0 Å². The van der Waals surface area contributed by atoms with Crippen LogP contribution >= 0.6 is 15.9 Å². The van der Waals surface area contributed by atoms with Gasteiger partial charge >= 0.3 is 0 Å². The number of hydrogen-bond donors (Lipinski definition) is 0. The first-order chi connectivity index (χ1) is 8.31. The number of nitrogens with zero attached hydrogens (tertiary/aromatic N) is 1. The van der Waals surface area contributed by atoms with Crippen molar-refractivity contribution >= 4 is 15.9 Å². The van der Waals surface area contributed by atoms with Gasteiger partial charge in [0.15, 0.2) is 0 Å². The third-order valence-electron chi connectivity index (χ3n) is 4.38. The molecule has 0 bridgehead atoms. The van der Waals surface area contributed by atoms with Gasteiger partial charge in [-0.3, -0.25) is 4.98 Å². The van der Waals surface area contributed by atoms with Crippen molar-refractivity contribution in [3.8, 4) is 5.75 Å². The molecule has 2 nitrogen and oxygen atoms in total. The molecule has 0 saturated heterocycles. The molecule has 17 heavy (non-hydrogen) atoms. The fraction of sp³-hybridized carbons (Fsp3) is 0.643. The Bertz CT molecular complexity index is 375. The number of hydrogen-bond acceptors (Lipinski definition) is 2. The van der Waals surface area contributed by atoms with E-state index in [1.165, 1.54) is 32.1 Å². The van der Waals surface area contributed by atoms with Gasteiger partial charge in [0, 0.05) is 16.4 Å². The lowest BCUT2D eigenvalue weighted by atomic mass is 9.58. The van der Waals surface area contributed by atoms with E-state index in [0.29, 0.717) is 16.3 Å². The summed E-state index contributed by atoms with van der Waals surface area (Å²) in [7, 11) is 0. The minimum Gasteiger partial charge on any atom is -0.488 e. The topological polar surface area (TPSA) is 22.1 Å². The van der Waals surface area contributed by atoms with E-state index in [4.69, 9.17) is 4.74 Å². The van der Waals surface area contributed by atoms with Gasteiger partial charge in [-0.05, 0) is 31.4 Å². The Morgan fingerprint density at radius 3 is 2.76 bits per heavy atom. The summed E-state index contributed by atoms with van der Waals surface area (Å²) in [6.45, 7) is 0. The lowest BCUT2D eigenvalue weighted by Gasteiger charge is -2.55. The van der Waals surface area contributed by atoms with Crippen molar-refractivity contribution in [2.75, 3.05) is 0 Å². The predicted molar refractivity (Wildman–Crippen MR) is 71.5 cm³/mol. The molecular formula is C14H18BrNO. The summed E-state index contributed by atoms with van der Waals surface area (Å²) in [6.07, 6.45) is 11.9. The first-order valence-electron chi connectivity index (χ1n) is 6.52. The smallest absolute Gasteiger partial charge is 0.138 e. The molecule has 2 atom stereocenters. The predicted octanol–water partition coefficient (Wildman–Crippen LogP) is 3.95. The van der Waals surface area contributed by atoms with Crippen molar-refractivity contribution in [2.45, 2.75) is 49.5 Å². The second kappa shape index (κ2) is 4.60. The number of aromatic nitrogens is 1. The van der Waals surface area contributed by atoms with E-state index in [2.05, 4.69) is 20.9 Å². The number of halogens is 1. The van der Waals surface area contributed by atoms with Gasteiger partial charge in [-0.15, -0.1) is 0 Å². The first-order valence-corrected chi connectivity index (χ1v) is 7.44.